The zero-order valence-corrected chi connectivity index (χ0v) is 15.3. The molecule has 5 nitrogen and oxygen atoms in total. The average Bonchev–Trinajstić information content (AvgIpc) is 3.10. The van der Waals surface area contributed by atoms with Crippen LogP contribution in [0.4, 0.5) is 13.2 Å². The Hall–Kier alpha value is -3.16. The van der Waals surface area contributed by atoms with E-state index < -0.39 is 17.7 Å². The van der Waals surface area contributed by atoms with Crippen LogP contribution >= 0.6 is 0 Å². The monoisotopic (exact) mass is 389 g/mol. The van der Waals surface area contributed by atoms with E-state index in [9.17, 15) is 18.0 Å². The van der Waals surface area contributed by atoms with Crippen LogP contribution in [-0.4, -0.2) is 27.1 Å². The number of esters is 1. The number of hydrogen-bond acceptors (Lipinski definition) is 4. The molecule has 0 saturated carbocycles. The maximum atomic E-state index is 12.4. The van der Waals surface area contributed by atoms with E-state index in [-0.39, 0.29) is 0 Å². The van der Waals surface area contributed by atoms with E-state index in [0.29, 0.717) is 17.8 Å². The van der Waals surface area contributed by atoms with Gasteiger partial charge in [0, 0.05) is 5.56 Å². The lowest BCUT2D eigenvalue weighted by molar-refractivity contribution is -0.212. The van der Waals surface area contributed by atoms with Gasteiger partial charge in [-0.15, -0.1) is 5.10 Å². The van der Waals surface area contributed by atoms with Crippen LogP contribution in [0, 0.1) is 0 Å². The maximum absolute atomic E-state index is 12.4. The molecule has 0 aliphatic carbocycles. The fourth-order valence-corrected chi connectivity index (χ4v) is 2.67. The molecular weight excluding hydrogens is 371 g/mol. The summed E-state index contributed by atoms with van der Waals surface area (Å²) in [5.41, 5.74) is 1.48. The number of nitrogens with zero attached hydrogens (tertiary/aromatic N) is 3. The zero-order valence-electron chi connectivity index (χ0n) is 15.3. The van der Waals surface area contributed by atoms with Gasteiger partial charge in [0.05, 0.1) is 12.7 Å². The third-order valence-corrected chi connectivity index (χ3v) is 4.18. The second-order valence-electron chi connectivity index (χ2n) is 6.76. The van der Waals surface area contributed by atoms with Gasteiger partial charge in [0.1, 0.15) is 11.3 Å². The van der Waals surface area contributed by atoms with Crippen LogP contribution in [0.25, 0.3) is 11.3 Å². The first kappa shape index (κ1) is 19.6. The standard InChI is InChI=1S/C20H18F3N3O2/c1-19(2,28-18(27)20(21,22)23)16-10-8-15(9-11-16)17-13-26(25-24-17)12-14-6-4-3-5-7-14/h3-11,13H,12H2,1-2H3. The summed E-state index contributed by atoms with van der Waals surface area (Å²) >= 11 is 0. The van der Waals surface area contributed by atoms with Gasteiger partial charge < -0.3 is 4.74 Å². The van der Waals surface area contributed by atoms with Crippen LogP contribution in [0.5, 0.6) is 0 Å². The van der Waals surface area contributed by atoms with E-state index in [1.807, 2.05) is 30.3 Å². The highest BCUT2D eigenvalue weighted by atomic mass is 19.4. The van der Waals surface area contributed by atoms with Crippen LogP contribution < -0.4 is 0 Å². The van der Waals surface area contributed by atoms with Crippen molar-refractivity contribution in [3.05, 3.63) is 71.9 Å². The fraction of sp³-hybridized carbons (Fsp3) is 0.250. The van der Waals surface area contributed by atoms with Gasteiger partial charge in [-0.25, -0.2) is 9.48 Å². The van der Waals surface area contributed by atoms with Crippen molar-refractivity contribution < 1.29 is 22.7 Å². The molecule has 0 amide bonds. The Labute approximate surface area is 159 Å². The molecule has 2 aromatic carbocycles. The lowest BCUT2D eigenvalue weighted by Crippen LogP contribution is -2.34. The van der Waals surface area contributed by atoms with Gasteiger partial charge in [0.25, 0.3) is 0 Å². The fourth-order valence-electron chi connectivity index (χ4n) is 2.67. The average molecular weight is 389 g/mol. The molecule has 1 aromatic heterocycles. The zero-order chi connectivity index (χ0) is 20.4. The number of rotatable bonds is 5. The summed E-state index contributed by atoms with van der Waals surface area (Å²) in [6.45, 7) is 3.38. The lowest BCUT2D eigenvalue weighted by atomic mass is 9.96. The van der Waals surface area contributed by atoms with Crippen LogP contribution in [0.15, 0.2) is 60.8 Å². The minimum absolute atomic E-state index is 0.436. The summed E-state index contributed by atoms with van der Waals surface area (Å²) in [5, 5.41) is 8.23. The molecule has 3 rings (SSSR count). The molecular formula is C20H18F3N3O2. The topological polar surface area (TPSA) is 57.0 Å². The summed E-state index contributed by atoms with van der Waals surface area (Å²) in [6.07, 6.45) is -3.24. The summed E-state index contributed by atoms with van der Waals surface area (Å²) in [6, 6.07) is 16.4. The van der Waals surface area contributed by atoms with E-state index in [1.54, 1.807) is 35.1 Å². The molecule has 0 bridgehead atoms. The first-order valence-electron chi connectivity index (χ1n) is 8.50. The molecule has 0 fully saturated rings. The van der Waals surface area contributed by atoms with Crippen molar-refractivity contribution in [2.45, 2.75) is 32.2 Å². The number of carbonyl (C=O) groups is 1. The van der Waals surface area contributed by atoms with Gasteiger partial charge >= 0.3 is 12.1 Å². The quantitative estimate of drug-likeness (QED) is 0.610. The molecule has 1 heterocycles. The predicted molar refractivity (Wildman–Crippen MR) is 96.2 cm³/mol. The SMILES string of the molecule is CC(C)(OC(=O)C(F)(F)F)c1ccc(-c2cn(Cc3ccccc3)nn2)cc1. The summed E-state index contributed by atoms with van der Waals surface area (Å²) in [4.78, 5) is 11.1. The van der Waals surface area contributed by atoms with Crippen LogP contribution in [0.3, 0.4) is 0 Å². The summed E-state index contributed by atoms with van der Waals surface area (Å²) in [5.74, 6) is -2.22. The van der Waals surface area contributed by atoms with Crippen LogP contribution in [-0.2, 0) is 21.7 Å². The Kier molecular flexibility index (Phi) is 5.22. The molecule has 0 atom stereocenters. The molecule has 28 heavy (non-hydrogen) atoms. The van der Waals surface area contributed by atoms with Crippen LogP contribution in [0.1, 0.15) is 25.0 Å². The van der Waals surface area contributed by atoms with Gasteiger partial charge in [0.2, 0.25) is 0 Å². The second kappa shape index (κ2) is 7.46. The number of halogens is 3. The summed E-state index contributed by atoms with van der Waals surface area (Å²) < 4.78 is 43.7. The van der Waals surface area contributed by atoms with Gasteiger partial charge in [-0.3, -0.25) is 0 Å². The highest BCUT2D eigenvalue weighted by molar-refractivity contribution is 5.76. The number of ether oxygens (including phenoxy) is 1. The number of benzene rings is 2. The number of hydrogen-bond donors (Lipinski definition) is 0. The molecule has 3 aromatic rings. The normalized spacial score (nSPS) is 12.0. The first-order valence-corrected chi connectivity index (χ1v) is 8.50. The molecule has 0 aliphatic rings. The molecule has 146 valence electrons. The smallest absolute Gasteiger partial charge is 0.448 e. The van der Waals surface area contributed by atoms with Crippen molar-refractivity contribution in [3.8, 4) is 11.3 Å². The Bertz CT molecular complexity index is 949. The van der Waals surface area contributed by atoms with Crippen molar-refractivity contribution in [1.82, 2.24) is 15.0 Å². The molecule has 0 aliphatic heterocycles. The van der Waals surface area contributed by atoms with Gasteiger partial charge in [0.15, 0.2) is 0 Å². The minimum atomic E-state index is -5.03. The minimum Gasteiger partial charge on any atom is -0.448 e. The molecule has 0 spiro atoms. The van der Waals surface area contributed by atoms with E-state index in [2.05, 4.69) is 15.0 Å². The molecule has 0 saturated heterocycles. The highest BCUT2D eigenvalue weighted by Gasteiger charge is 2.44. The van der Waals surface area contributed by atoms with Crippen LogP contribution in [0.2, 0.25) is 0 Å². The van der Waals surface area contributed by atoms with Crippen molar-refractivity contribution in [2.24, 2.45) is 0 Å². The van der Waals surface area contributed by atoms with Gasteiger partial charge in [-0.05, 0) is 25.0 Å². The van der Waals surface area contributed by atoms with E-state index in [4.69, 9.17) is 0 Å². The lowest BCUT2D eigenvalue weighted by Gasteiger charge is -2.26. The Morgan fingerprint density at radius 1 is 1.04 bits per heavy atom. The van der Waals surface area contributed by atoms with E-state index >= 15 is 0 Å². The summed E-state index contributed by atoms with van der Waals surface area (Å²) in [7, 11) is 0. The number of carbonyl (C=O) groups excluding carboxylic acids is 1. The largest absolute Gasteiger partial charge is 0.490 e. The third-order valence-electron chi connectivity index (χ3n) is 4.18. The maximum Gasteiger partial charge on any atom is 0.490 e. The Morgan fingerprint density at radius 2 is 1.68 bits per heavy atom. The molecule has 0 unspecified atom stereocenters. The van der Waals surface area contributed by atoms with Crippen molar-refractivity contribution in [1.29, 1.82) is 0 Å². The van der Waals surface area contributed by atoms with Gasteiger partial charge in [-0.2, -0.15) is 13.2 Å². The highest BCUT2D eigenvalue weighted by Crippen LogP contribution is 2.30. The first-order chi connectivity index (χ1) is 13.1. The Balaban J connectivity index is 1.73. The van der Waals surface area contributed by atoms with Crippen molar-refractivity contribution in [2.75, 3.05) is 0 Å². The molecule has 8 heteroatoms. The third kappa shape index (κ3) is 4.57. The van der Waals surface area contributed by atoms with Gasteiger partial charge in [-0.1, -0.05) is 59.8 Å². The Morgan fingerprint density at radius 3 is 2.29 bits per heavy atom. The van der Waals surface area contributed by atoms with Crippen molar-refractivity contribution >= 4 is 5.97 Å². The number of aromatic nitrogens is 3. The number of alkyl halides is 3. The molecule has 0 N–H and O–H groups in total. The molecule has 0 radical (unpaired) electrons. The van der Waals surface area contributed by atoms with E-state index in [0.717, 1.165) is 11.1 Å². The predicted octanol–water partition coefficient (Wildman–Crippen LogP) is 4.33. The van der Waals surface area contributed by atoms with Crippen molar-refractivity contribution in [3.63, 3.8) is 0 Å². The second-order valence-corrected chi connectivity index (χ2v) is 6.76. The van der Waals surface area contributed by atoms with E-state index in [1.165, 1.54) is 13.8 Å².